The van der Waals surface area contributed by atoms with Crippen LogP contribution < -0.4 is 10.5 Å². The van der Waals surface area contributed by atoms with E-state index in [0.717, 1.165) is 12.0 Å². The Morgan fingerprint density at radius 1 is 1.32 bits per heavy atom. The highest BCUT2D eigenvalue weighted by molar-refractivity contribution is 7.89. The van der Waals surface area contributed by atoms with Crippen molar-refractivity contribution in [3.63, 3.8) is 0 Å². The summed E-state index contributed by atoms with van der Waals surface area (Å²) in [6.45, 7) is 4.78. The van der Waals surface area contributed by atoms with Crippen LogP contribution in [0.15, 0.2) is 29.2 Å². The van der Waals surface area contributed by atoms with Crippen molar-refractivity contribution < 1.29 is 8.42 Å². The molecule has 0 heterocycles. The first-order valence-electron chi connectivity index (χ1n) is 6.28. The van der Waals surface area contributed by atoms with Crippen molar-refractivity contribution in [2.75, 3.05) is 13.1 Å². The first kappa shape index (κ1) is 15.7. The maximum atomic E-state index is 12.0. The fraction of sp³-hybridized carbons (Fsp3) is 0.429. The molecule has 0 saturated heterocycles. The summed E-state index contributed by atoms with van der Waals surface area (Å²) in [7, 11) is -3.43. The van der Waals surface area contributed by atoms with Gasteiger partial charge >= 0.3 is 0 Å². The highest BCUT2D eigenvalue weighted by Gasteiger charge is 2.14. The van der Waals surface area contributed by atoms with Gasteiger partial charge in [-0.3, -0.25) is 0 Å². The summed E-state index contributed by atoms with van der Waals surface area (Å²) < 4.78 is 26.6. The SMILES string of the molecule is CCC(C)CNS(=O)(=O)c1ccc(C#CCN)cc1. The molecule has 1 aromatic carbocycles. The van der Waals surface area contributed by atoms with Crippen molar-refractivity contribution in [2.45, 2.75) is 25.2 Å². The van der Waals surface area contributed by atoms with Crippen LogP contribution in [0.2, 0.25) is 0 Å². The lowest BCUT2D eigenvalue weighted by Crippen LogP contribution is -2.28. The van der Waals surface area contributed by atoms with Crippen LogP contribution in [-0.4, -0.2) is 21.5 Å². The minimum atomic E-state index is -3.43. The Morgan fingerprint density at radius 3 is 2.47 bits per heavy atom. The van der Waals surface area contributed by atoms with Gasteiger partial charge < -0.3 is 5.73 Å². The number of hydrogen-bond acceptors (Lipinski definition) is 3. The summed E-state index contributed by atoms with van der Waals surface area (Å²) >= 11 is 0. The number of hydrogen-bond donors (Lipinski definition) is 2. The molecule has 19 heavy (non-hydrogen) atoms. The molecule has 0 amide bonds. The molecule has 0 saturated carbocycles. The van der Waals surface area contributed by atoms with E-state index in [-0.39, 0.29) is 11.4 Å². The molecule has 0 fully saturated rings. The molecular weight excluding hydrogens is 260 g/mol. The molecule has 5 heteroatoms. The standard InChI is InChI=1S/C14H20N2O2S/c1-3-12(2)11-16-19(17,18)14-8-6-13(7-9-14)5-4-10-15/h6-9,12,16H,3,10-11,15H2,1-2H3. The smallest absolute Gasteiger partial charge is 0.240 e. The fourth-order valence-electron chi connectivity index (χ4n) is 1.35. The van der Waals surface area contributed by atoms with Crippen LogP contribution in [0, 0.1) is 17.8 Å². The monoisotopic (exact) mass is 280 g/mol. The van der Waals surface area contributed by atoms with E-state index >= 15 is 0 Å². The van der Waals surface area contributed by atoms with E-state index in [4.69, 9.17) is 5.73 Å². The van der Waals surface area contributed by atoms with Gasteiger partial charge in [-0.2, -0.15) is 0 Å². The zero-order chi connectivity index (χ0) is 14.3. The maximum Gasteiger partial charge on any atom is 0.240 e. The van der Waals surface area contributed by atoms with Crippen molar-refractivity contribution in [1.29, 1.82) is 0 Å². The Hall–Kier alpha value is -1.35. The zero-order valence-corrected chi connectivity index (χ0v) is 12.1. The third-order valence-corrected chi connectivity index (χ3v) is 4.26. The van der Waals surface area contributed by atoms with Gasteiger partial charge in [0.1, 0.15) is 0 Å². The molecule has 4 nitrogen and oxygen atoms in total. The number of sulfonamides is 1. The Morgan fingerprint density at radius 2 is 1.95 bits per heavy atom. The van der Waals surface area contributed by atoms with Crippen LogP contribution in [0.3, 0.4) is 0 Å². The largest absolute Gasteiger partial charge is 0.320 e. The lowest BCUT2D eigenvalue weighted by atomic mass is 10.1. The summed E-state index contributed by atoms with van der Waals surface area (Å²) in [4.78, 5) is 0.258. The van der Waals surface area contributed by atoms with Gasteiger partial charge in [-0.25, -0.2) is 13.1 Å². The maximum absolute atomic E-state index is 12.0. The molecule has 104 valence electrons. The van der Waals surface area contributed by atoms with E-state index in [1.807, 2.05) is 13.8 Å². The number of nitrogens with one attached hydrogen (secondary N) is 1. The van der Waals surface area contributed by atoms with Gasteiger partial charge in [0.25, 0.3) is 0 Å². The molecule has 0 aliphatic carbocycles. The molecule has 1 rings (SSSR count). The van der Waals surface area contributed by atoms with Crippen molar-refractivity contribution in [3.8, 4) is 11.8 Å². The molecule has 1 atom stereocenters. The quantitative estimate of drug-likeness (QED) is 0.799. The van der Waals surface area contributed by atoms with Gasteiger partial charge in [-0.05, 0) is 30.2 Å². The molecule has 0 bridgehead atoms. The van der Waals surface area contributed by atoms with Gasteiger partial charge in [0.2, 0.25) is 10.0 Å². The van der Waals surface area contributed by atoms with E-state index in [1.165, 1.54) is 0 Å². The lowest BCUT2D eigenvalue weighted by Gasteiger charge is -2.10. The summed E-state index contributed by atoms with van der Waals surface area (Å²) in [5.74, 6) is 5.90. The summed E-state index contributed by atoms with van der Waals surface area (Å²) in [6, 6.07) is 6.47. The molecule has 0 aliphatic rings. The average molecular weight is 280 g/mol. The Labute approximate surface area is 115 Å². The van der Waals surface area contributed by atoms with E-state index in [2.05, 4.69) is 16.6 Å². The minimum absolute atomic E-state index is 0.258. The molecule has 0 radical (unpaired) electrons. The zero-order valence-electron chi connectivity index (χ0n) is 11.3. The first-order valence-corrected chi connectivity index (χ1v) is 7.76. The van der Waals surface area contributed by atoms with E-state index in [0.29, 0.717) is 12.5 Å². The predicted octanol–water partition coefficient (Wildman–Crippen LogP) is 1.32. The van der Waals surface area contributed by atoms with Crippen molar-refractivity contribution in [1.82, 2.24) is 4.72 Å². The molecule has 0 spiro atoms. The summed E-state index contributed by atoms with van der Waals surface area (Å²) in [5.41, 5.74) is 6.03. The topological polar surface area (TPSA) is 72.2 Å². The fourth-order valence-corrected chi connectivity index (χ4v) is 2.52. The third-order valence-electron chi connectivity index (χ3n) is 2.82. The second-order valence-electron chi connectivity index (χ2n) is 4.40. The second kappa shape index (κ2) is 7.29. The average Bonchev–Trinajstić information content (AvgIpc) is 2.43. The second-order valence-corrected chi connectivity index (χ2v) is 6.16. The third kappa shape index (κ3) is 5.03. The number of benzene rings is 1. The van der Waals surface area contributed by atoms with Gasteiger partial charge in [0.15, 0.2) is 0 Å². The molecule has 0 aromatic heterocycles. The molecule has 1 unspecified atom stereocenters. The van der Waals surface area contributed by atoms with Crippen LogP contribution in [0.25, 0.3) is 0 Å². The van der Waals surface area contributed by atoms with Crippen LogP contribution in [-0.2, 0) is 10.0 Å². The van der Waals surface area contributed by atoms with Crippen LogP contribution in [0.5, 0.6) is 0 Å². The van der Waals surface area contributed by atoms with Crippen LogP contribution >= 0.6 is 0 Å². The van der Waals surface area contributed by atoms with Crippen molar-refractivity contribution in [3.05, 3.63) is 29.8 Å². The highest BCUT2D eigenvalue weighted by Crippen LogP contribution is 2.10. The summed E-state index contributed by atoms with van der Waals surface area (Å²) in [6.07, 6.45) is 0.941. The Bertz CT molecular complexity index is 553. The van der Waals surface area contributed by atoms with E-state index < -0.39 is 10.0 Å². The first-order chi connectivity index (χ1) is 8.99. The van der Waals surface area contributed by atoms with Gasteiger partial charge in [0, 0.05) is 12.1 Å². The van der Waals surface area contributed by atoms with Crippen molar-refractivity contribution in [2.24, 2.45) is 11.7 Å². The van der Waals surface area contributed by atoms with Gasteiger partial charge in [-0.15, -0.1) is 0 Å². The van der Waals surface area contributed by atoms with E-state index in [9.17, 15) is 8.42 Å². The number of nitrogens with two attached hydrogens (primary N) is 1. The Kier molecular flexibility index (Phi) is 6.03. The minimum Gasteiger partial charge on any atom is -0.320 e. The molecular formula is C14H20N2O2S. The molecule has 1 aromatic rings. The lowest BCUT2D eigenvalue weighted by molar-refractivity contribution is 0.528. The number of rotatable bonds is 5. The van der Waals surface area contributed by atoms with Gasteiger partial charge in [0.05, 0.1) is 11.4 Å². The predicted molar refractivity (Wildman–Crippen MR) is 77.0 cm³/mol. The van der Waals surface area contributed by atoms with Crippen LogP contribution in [0.1, 0.15) is 25.8 Å². The molecule has 3 N–H and O–H groups in total. The van der Waals surface area contributed by atoms with E-state index in [1.54, 1.807) is 24.3 Å². The Balaban J connectivity index is 2.79. The summed E-state index contributed by atoms with van der Waals surface area (Å²) in [5, 5.41) is 0. The van der Waals surface area contributed by atoms with Gasteiger partial charge in [-0.1, -0.05) is 32.1 Å². The van der Waals surface area contributed by atoms with Crippen molar-refractivity contribution >= 4 is 10.0 Å². The normalized spacial score (nSPS) is 12.6. The highest BCUT2D eigenvalue weighted by atomic mass is 32.2. The van der Waals surface area contributed by atoms with Crippen LogP contribution in [0.4, 0.5) is 0 Å². The molecule has 0 aliphatic heterocycles.